The second-order valence-corrected chi connectivity index (χ2v) is 7.18. The van der Waals surface area contributed by atoms with Crippen LogP contribution >= 0.6 is 23.2 Å². The molecule has 8 heteroatoms. The molecule has 0 bridgehead atoms. The Morgan fingerprint density at radius 3 is 2.43 bits per heavy atom. The van der Waals surface area contributed by atoms with Gasteiger partial charge in [0, 0.05) is 31.7 Å². The number of pyridine rings is 2. The fraction of sp³-hybridized carbons (Fsp3) is 0.231. The van der Waals surface area contributed by atoms with Crippen LogP contribution in [0.4, 0.5) is 0 Å². The van der Waals surface area contributed by atoms with Gasteiger partial charge in [0.1, 0.15) is 10.0 Å². The predicted octanol–water partition coefficient (Wildman–Crippen LogP) is 3.17. The molecule has 0 amide bonds. The number of hydrogen-bond acceptors (Lipinski definition) is 4. The molecule has 0 fully saturated rings. The van der Waals surface area contributed by atoms with Crippen molar-refractivity contribution in [2.45, 2.75) is 17.9 Å². The molecule has 1 unspecified atom stereocenters. The molecule has 112 valence electrons. The Labute approximate surface area is 133 Å². The molecule has 2 heterocycles. The van der Waals surface area contributed by atoms with Crippen LogP contribution in [-0.4, -0.2) is 29.7 Å². The van der Waals surface area contributed by atoms with Gasteiger partial charge in [-0.1, -0.05) is 23.2 Å². The molecule has 0 N–H and O–H groups in total. The van der Waals surface area contributed by atoms with E-state index in [2.05, 4.69) is 9.97 Å². The first-order valence-corrected chi connectivity index (χ1v) is 8.22. The molecule has 2 aromatic heterocycles. The third kappa shape index (κ3) is 3.35. The lowest BCUT2D eigenvalue weighted by Crippen LogP contribution is -2.30. The van der Waals surface area contributed by atoms with Crippen LogP contribution in [0, 0.1) is 0 Å². The van der Waals surface area contributed by atoms with Crippen molar-refractivity contribution in [2.75, 3.05) is 7.05 Å². The zero-order valence-corrected chi connectivity index (χ0v) is 13.7. The first-order valence-electron chi connectivity index (χ1n) is 6.03. The van der Waals surface area contributed by atoms with Gasteiger partial charge >= 0.3 is 0 Å². The lowest BCUT2D eigenvalue weighted by molar-refractivity contribution is 0.398. The van der Waals surface area contributed by atoms with Crippen molar-refractivity contribution in [3.63, 3.8) is 0 Å². The molecule has 0 saturated heterocycles. The fourth-order valence-corrected chi connectivity index (χ4v) is 3.43. The molecule has 0 aromatic carbocycles. The molecule has 2 rings (SSSR count). The molecule has 0 saturated carbocycles. The molecule has 1 atom stereocenters. The summed E-state index contributed by atoms with van der Waals surface area (Å²) in [6.45, 7) is 1.79. The van der Waals surface area contributed by atoms with Crippen molar-refractivity contribution in [3.8, 4) is 0 Å². The number of rotatable bonds is 4. The highest BCUT2D eigenvalue weighted by molar-refractivity contribution is 7.89. The van der Waals surface area contributed by atoms with Crippen molar-refractivity contribution in [1.82, 2.24) is 14.3 Å². The van der Waals surface area contributed by atoms with Crippen molar-refractivity contribution in [1.29, 1.82) is 0 Å². The third-order valence-electron chi connectivity index (χ3n) is 3.18. The average Bonchev–Trinajstić information content (AvgIpc) is 2.49. The normalized spacial score (nSPS) is 13.4. The maximum Gasteiger partial charge on any atom is 0.244 e. The molecular weight excluding hydrogens is 333 g/mol. The molecule has 0 aliphatic rings. The van der Waals surface area contributed by atoms with Crippen LogP contribution < -0.4 is 0 Å². The molecule has 21 heavy (non-hydrogen) atoms. The molecule has 0 radical (unpaired) electrons. The first kappa shape index (κ1) is 16.2. The second-order valence-electron chi connectivity index (χ2n) is 4.42. The highest BCUT2D eigenvalue weighted by atomic mass is 35.5. The van der Waals surface area contributed by atoms with E-state index in [0.29, 0.717) is 0 Å². The average molecular weight is 346 g/mol. The summed E-state index contributed by atoms with van der Waals surface area (Å²) in [4.78, 5) is 7.70. The molecule has 0 spiro atoms. The minimum atomic E-state index is -3.72. The number of hydrogen-bond donors (Lipinski definition) is 0. The number of sulfonamides is 1. The summed E-state index contributed by atoms with van der Waals surface area (Å²) in [5.41, 5.74) is 0.837. The van der Waals surface area contributed by atoms with Crippen LogP contribution in [0.5, 0.6) is 0 Å². The smallest absolute Gasteiger partial charge is 0.244 e. The summed E-state index contributed by atoms with van der Waals surface area (Å²) >= 11 is 11.5. The van der Waals surface area contributed by atoms with Crippen molar-refractivity contribution < 1.29 is 8.42 Å². The predicted molar refractivity (Wildman–Crippen MR) is 81.9 cm³/mol. The Morgan fingerprint density at radius 1 is 1.24 bits per heavy atom. The maximum atomic E-state index is 12.6. The van der Waals surface area contributed by atoms with Crippen LogP contribution in [0.2, 0.25) is 10.2 Å². The van der Waals surface area contributed by atoms with Gasteiger partial charge in [-0.2, -0.15) is 4.31 Å². The Kier molecular flexibility index (Phi) is 4.83. The Bertz CT molecular complexity index is 738. The van der Waals surface area contributed by atoms with E-state index in [1.165, 1.54) is 23.6 Å². The van der Waals surface area contributed by atoms with Crippen molar-refractivity contribution in [2.24, 2.45) is 0 Å². The molecule has 0 aliphatic heterocycles. The van der Waals surface area contributed by atoms with E-state index < -0.39 is 10.0 Å². The van der Waals surface area contributed by atoms with E-state index in [0.717, 1.165) is 5.56 Å². The van der Waals surface area contributed by atoms with Crippen LogP contribution in [-0.2, 0) is 10.0 Å². The van der Waals surface area contributed by atoms with Gasteiger partial charge in [0.25, 0.3) is 0 Å². The van der Waals surface area contributed by atoms with Gasteiger partial charge in [-0.3, -0.25) is 4.98 Å². The quantitative estimate of drug-likeness (QED) is 0.798. The standard InChI is InChI=1S/C13H13Cl2N3O2S/c1-9(10-3-5-16-6-4-10)18(2)21(19,20)11-7-12(14)13(15)17-8-11/h3-9H,1-2H3. The van der Waals surface area contributed by atoms with Crippen LogP contribution in [0.15, 0.2) is 41.7 Å². The van der Waals surface area contributed by atoms with E-state index in [9.17, 15) is 8.42 Å². The number of nitrogens with zero attached hydrogens (tertiary/aromatic N) is 3. The van der Waals surface area contributed by atoms with Gasteiger partial charge in [0.2, 0.25) is 10.0 Å². The number of halogens is 2. The summed E-state index contributed by atoms with van der Waals surface area (Å²) in [7, 11) is -2.22. The Morgan fingerprint density at radius 2 is 1.86 bits per heavy atom. The minimum absolute atomic E-state index is 0.000283. The maximum absolute atomic E-state index is 12.6. The zero-order valence-electron chi connectivity index (χ0n) is 11.4. The molecule has 5 nitrogen and oxygen atoms in total. The lowest BCUT2D eigenvalue weighted by Gasteiger charge is -2.24. The van der Waals surface area contributed by atoms with Crippen molar-refractivity contribution in [3.05, 3.63) is 52.5 Å². The highest BCUT2D eigenvalue weighted by Crippen LogP contribution is 2.28. The van der Waals surface area contributed by atoms with Crippen molar-refractivity contribution >= 4 is 33.2 Å². The van der Waals surface area contributed by atoms with Gasteiger partial charge in [-0.15, -0.1) is 0 Å². The summed E-state index contributed by atoms with van der Waals surface area (Å²) in [5.74, 6) is 0. The fourth-order valence-electron chi connectivity index (χ4n) is 1.77. The van der Waals surface area contributed by atoms with E-state index >= 15 is 0 Å². The topological polar surface area (TPSA) is 63.2 Å². The van der Waals surface area contributed by atoms with Crippen LogP contribution in [0.1, 0.15) is 18.5 Å². The summed E-state index contributed by atoms with van der Waals surface area (Å²) in [6, 6.07) is 4.47. The molecule has 0 aliphatic carbocycles. The SMILES string of the molecule is CC(c1ccncc1)N(C)S(=O)(=O)c1cnc(Cl)c(Cl)c1. The zero-order chi connectivity index (χ0) is 15.6. The van der Waals surface area contributed by atoms with Gasteiger partial charge in [-0.05, 0) is 30.7 Å². The van der Waals surface area contributed by atoms with E-state index in [1.807, 2.05) is 0 Å². The minimum Gasteiger partial charge on any atom is -0.265 e. The van der Waals surface area contributed by atoms with E-state index in [4.69, 9.17) is 23.2 Å². The molecule has 2 aromatic rings. The second kappa shape index (κ2) is 6.27. The Hall–Kier alpha value is -1.21. The summed E-state index contributed by atoms with van der Waals surface area (Å²) in [6.07, 6.45) is 4.43. The third-order valence-corrected chi connectivity index (χ3v) is 5.76. The molecular formula is C13H13Cl2N3O2S. The summed E-state index contributed by atoms with van der Waals surface area (Å²) < 4.78 is 26.4. The van der Waals surface area contributed by atoms with Gasteiger partial charge in [-0.25, -0.2) is 13.4 Å². The van der Waals surface area contributed by atoms with E-state index in [-0.39, 0.29) is 21.1 Å². The largest absolute Gasteiger partial charge is 0.265 e. The summed E-state index contributed by atoms with van der Waals surface area (Å²) in [5, 5.41) is 0.170. The highest BCUT2D eigenvalue weighted by Gasteiger charge is 2.27. The van der Waals surface area contributed by atoms with Crippen LogP contribution in [0.3, 0.4) is 0 Å². The Balaban J connectivity index is 2.36. The monoisotopic (exact) mass is 345 g/mol. The van der Waals surface area contributed by atoms with Gasteiger partial charge in [0.05, 0.1) is 5.02 Å². The van der Waals surface area contributed by atoms with Gasteiger partial charge < -0.3 is 0 Å². The first-order chi connectivity index (χ1) is 9.84. The number of aromatic nitrogens is 2. The lowest BCUT2D eigenvalue weighted by atomic mass is 10.1. The van der Waals surface area contributed by atoms with E-state index in [1.54, 1.807) is 31.5 Å². The van der Waals surface area contributed by atoms with Crippen LogP contribution in [0.25, 0.3) is 0 Å². The van der Waals surface area contributed by atoms with Gasteiger partial charge in [0.15, 0.2) is 0 Å².